The number of benzene rings is 1. The number of amides is 2. The van der Waals surface area contributed by atoms with Crippen LogP contribution in [0.25, 0.3) is 0 Å². The average Bonchev–Trinajstić information content (AvgIpc) is 3.31. The SMILES string of the molecule is Cc1c(C(N)=O)sc(NC(=O)c2ccn(COc3ccccc3)n2)c1C(=O)OC(C)C. The number of primary amides is 1. The highest BCUT2D eigenvalue weighted by Crippen LogP contribution is 2.34. The van der Waals surface area contributed by atoms with Crippen LogP contribution in [-0.4, -0.2) is 33.7 Å². The smallest absolute Gasteiger partial charge is 0.341 e. The molecule has 0 atom stereocenters. The van der Waals surface area contributed by atoms with E-state index in [0.717, 1.165) is 11.3 Å². The van der Waals surface area contributed by atoms with Crippen LogP contribution in [0.5, 0.6) is 5.75 Å². The Labute approximate surface area is 182 Å². The molecule has 31 heavy (non-hydrogen) atoms. The molecule has 0 aliphatic rings. The number of para-hydroxylation sites is 1. The second-order valence-electron chi connectivity index (χ2n) is 6.86. The number of carbonyl (C=O) groups excluding carboxylic acids is 3. The number of esters is 1. The van der Waals surface area contributed by atoms with Gasteiger partial charge < -0.3 is 20.5 Å². The van der Waals surface area contributed by atoms with Crippen LogP contribution in [0.3, 0.4) is 0 Å². The van der Waals surface area contributed by atoms with Crippen molar-refractivity contribution in [3.8, 4) is 5.75 Å². The van der Waals surface area contributed by atoms with Gasteiger partial charge in [0.05, 0.1) is 16.5 Å². The van der Waals surface area contributed by atoms with Crippen molar-refractivity contribution < 1.29 is 23.9 Å². The lowest BCUT2D eigenvalue weighted by Gasteiger charge is -2.10. The van der Waals surface area contributed by atoms with E-state index in [1.54, 1.807) is 27.0 Å². The number of ether oxygens (including phenoxy) is 2. The number of nitrogens with zero attached hydrogens (tertiary/aromatic N) is 2. The zero-order valence-corrected chi connectivity index (χ0v) is 18.1. The Bertz CT molecular complexity index is 1100. The molecule has 2 heterocycles. The number of carbonyl (C=O) groups is 3. The highest BCUT2D eigenvalue weighted by molar-refractivity contribution is 7.18. The Kier molecular flexibility index (Phi) is 6.71. The summed E-state index contributed by atoms with van der Waals surface area (Å²) in [5, 5.41) is 7.00. The van der Waals surface area contributed by atoms with E-state index < -0.39 is 17.8 Å². The van der Waals surface area contributed by atoms with Crippen LogP contribution < -0.4 is 15.8 Å². The fraction of sp³-hybridized carbons (Fsp3) is 0.238. The summed E-state index contributed by atoms with van der Waals surface area (Å²) in [5.41, 5.74) is 5.98. The van der Waals surface area contributed by atoms with Crippen molar-refractivity contribution in [1.82, 2.24) is 9.78 Å². The van der Waals surface area contributed by atoms with Gasteiger partial charge in [-0.05, 0) is 44.5 Å². The average molecular weight is 442 g/mol. The summed E-state index contributed by atoms with van der Waals surface area (Å²) in [6.07, 6.45) is 1.23. The first kappa shape index (κ1) is 22.0. The molecule has 3 N–H and O–H groups in total. The van der Waals surface area contributed by atoms with Gasteiger partial charge in [-0.3, -0.25) is 9.59 Å². The van der Waals surface area contributed by atoms with Crippen molar-refractivity contribution in [1.29, 1.82) is 0 Å². The number of nitrogens with one attached hydrogen (secondary N) is 1. The largest absolute Gasteiger partial charge is 0.471 e. The van der Waals surface area contributed by atoms with Gasteiger partial charge in [0, 0.05) is 6.20 Å². The van der Waals surface area contributed by atoms with E-state index in [2.05, 4.69) is 10.4 Å². The highest BCUT2D eigenvalue weighted by atomic mass is 32.1. The van der Waals surface area contributed by atoms with Crippen LogP contribution in [0.1, 0.15) is 49.9 Å². The summed E-state index contributed by atoms with van der Waals surface area (Å²) in [4.78, 5) is 37.1. The molecule has 2 aromatic heterocycles. The zero-order chi connectivity index (χ0) is 22.5. The van der Waals surface area contributed by atoms with Crippen molar-refractivity contribution in [2.24, 2.45) is 5.73 Å². The summed E-state index contributed by atoms with van der Waals surface area (Å²) in [6, 6.07) is 10.7. The summed E-state index contributed by atoms with van der Waals surface area (Å²) in [5.74, 6) is -1.21. The number of anilines is 1. The minimum Gasteiger partial charge on any atom is -0.471 e. The second kappa shape index (κ2) is 9.43. The van der Waals surface area contributed by atoms with Crippen LogP contribution in [0, 0.1) is 6.92 Å². The molecule has 3 aromatic rings. The third-order valence-corrected chi connectivity index (χ3v) is 5.35. The van der Waals surface area contributed by atoms with Gasteiger partial charge >= 0.3 is 5.97 Å². The number of hydrogen-bond acceptors (Lipinski definition) is 7. The first-order valence-electron chi connectivity index (χ1n) is 9.43. The number of thiophene rings is 1. The van der Waals surface area contributed by atoms with Gasteiger partial charge in [0.1, 0.15) is 10.8 Å². The number of hydrogen-bond donors (Lipinski definition) is 2. The van der Waals surface area contributed by atoms with E-state index in [1.165, 1.54) is 10.7 Å². The molecule has 162 valence electrons. The molecule has 0 spiro atoms. The molecule has 3 rings (SSSR count). The van der Waals surface area contributed by atoms with E-state index >= 15 is 0 Å². The zero-order valence-electron chi connectivity index (χ0n) is 17.2. The van der Waals surface area contributed by atoms with Crippen molar-refractivity contribution in [3.63, 3.8) is 0 Å². The normalized spacial score (nSPS) is 10.7. The van der Waals surface area contributed by atoms with Crippen molar-refractivity contribution >= 4 is 34.1 Å². The Hall–Kier alpha value is -3.66. The third-order valence-electron chi connectivity index (χ3n) is 4.12. The molecule has 10 heteroatoms. The Morgan fingerprint density at radius 2 is 1.90 bits per heavy atom. The van der Waals surface area contributed by atoms with Gasteiger partial charge in [0.2, 0.25) is 0 Å². The Balaban J connectivity index is 1.77. The molecule has 1 aromatic carbocycles. The molecule has 0 saturated carbocycles. The third kappa shape index (κ3) is 5.28. The minimum atomic E-state index is -0.691. The summed E-state index contributed by atoms with van der Waals surface area (Å²) in [6.45, 7) is 5.11. The van der Waals surface area contributed by atoms with Gasteiger partial charge in [-0.25, -0.2) is 9.48 Å². The Morgan fingerprint density at radius 3 is 2.55 bits per heavy atom. The van der Waals surface area contributed by atoms with E-state index in [0.29, 0.717) is 11.3 Å². The minimum absolute atomic E-state index is 0.104. The molecule has 9 nitrogen and oxygen atoms in total. The van der Waals surface area contributed by atoms with E-state index in [9.17, 15) is 14.4 Å². The maximum Gasteiger partial charge on any atom is 0.341 e. The van der Waals surface area contributed by atoms with Crippen molar-refractivity contribution in [2.45, 2.75) is 33.6 Å². The summed E-state index contributed by atoms with van der Waals surface area (Å²) in [7, 11) is 0. The quantitative estimate of drug-likeness (QED) is 0.516. The fourth-order valence-corrected chi connectivity index (χ4v) is 3.78. The van der Waals surface area contributed by atoms with Gasteiger partial charge in [-0.15, -0.1) is 11.3 Å². The Morgan fingerprint density at radius 1 is 1.19 bits per heavy atom. The maximum absolute atomic E-state index is 12.7. The topological polar surface area (TPSA) is 126 Å². The predicted molar refractivity (Wildman–Crippen MR) is 115 cm³/mol. The van der Waals surface area contributed by atoms with E-state index in [-0.39, 0.29) is 34.0 Å². The van der Waals surface area contributed by atoms with Crippen LogP contribution in [0.4, 0.5) is 5.00 Å². The van der Waals surface area contributed by atoms with E-state index in [1.807, 2.05) is 30.3 Å². The molecule has 2 amide bonds. The van der Waals surface area contributed by atoms with Crippen LogP contribution in [0.15, 0.2) is 42.6 Å². The van der Waals surface area contributed by atoms with Gasteiger partial charge in [0.15, 0.2) is 12.4 Å². The lowest BCUT2D eigenvalue weighted by molar-refractivity contribution is 0.0379. The van der Waals surface area contributed by atoms with Crippen molar-refractivity contribution in [3.05, 3.63) is 64.3 Å². The second-order valence-corrected chi connectivity index (χ2v) is 7.88. The van der Waals surface area contributed by atoms with Gasteiger partial charge in [0.25, 0.3) is 11.8 Å². The summed E-state index contributed by atoms with van der Waals surface area (Å²) >= 11 is 0.920. The van der Waals surface area contributed by atoms with E-state index in [4.69, 9.17) is 15.2 Å². The molecule has 0 radical (unpaired) electrons. The van der Waals surface area contributed by atoms with Crippen LogP contribution in [-0.2, 0) is 11.5 Å². The number of aromatic nitrogens is 2. The molecule has 0 saturated heterocycles. The van der Waals surface area contributed by atoms with Crippen LogP contribution in [0.2, 0.25) is 0 Å². The maximum atomic E-state index is 12.7. The first-order chi connectivity index (χ1) is 14.8. The lowest BCUT2D eigenvalue weighted by atomic mass is 10.1. The molecular weight excluding hydrogens is 420 g/mol. The fourth-order valence-electron chi connectivity index (χ4n) is 2.73. The molecule has 0 bridgehead atoms. The molecular formula is C21H22N4O5S. The van der Waals surface area contributed by atoms with Gasteiger partial charge in [-0.1, -0.05) is 18.2 Å². The standard InChI is InChI=1S/C21H22N4O5S/c1-12(2)30-21(28)16-13(3)17(18(22)26)31-20(16)23-19(27)15-9-10-25(24-15)11-29-14-7-5-4-6-8-14/h4-10,12H,11H2,1-3H3,(H2,22,26)(H,23,27). The van der Waals surface area contributed by atoms with Gasteiger partial charge in [-0.2, -0.15) is 5.10 Å². The number of rotatable bonds is 8. The molecule has 0 aliphatic heterocycles. The van der Waals surface area contributed by atoms with Crippen LogP contribution >= 0.6 is 11.3 Å². The predicted octanol–water partition coefficient (Wildman–Crippen LogP) is 3.21. The van der Waals surface area contributed by atoms with Crippen molar-refractivity contribution in [2.75, 3.05) is 5.32 Å². The molecule has 0 unspecified atom stereocenters. The lowest BCUT2D eigenvalue weighted by Crippen LogP contribution is -2.18. The highest BCUT2D eigenvalue weighted by Gasteiger charge is 2.27. The summed E-state index contributed by atoms with van der Waals surface area (Å²) < 4.78 is 12.3. The first-order valence-corrected chi connectivity index (χ1v) is 10.2. The monoisotopic (exact) mass is 442 g/mol. The molecule has 0 aliphatic carbocycles. The number of nitrogens with two attached hydrogens (primary N) is 1. The molecule has 0 fully saturated rings.